The van der Waals surface area contributed by atoms with Crippen molar-refractivity contribution in [3.63, 3.8) is 0 Å². The Bertz CT molecular complexity index is 281. The number of thiol groups is 1. The second kappa shape index (κ2) is 2.79. The molecule has 0 aliphatic rings. The number of aromatic nitrogens is 1. The molecule has 1 aromatic heterocycles. The van der Waals surface area contributed by atoms with Crippen LogP contribution in [0.1, 0.15) is 5.56 Å². The molecule has 0 aromatic carbocycles. The van der Waals surface area contributed by atoms with Gasteiger partial charge < -0.3 is 0 Å². The molecule has 0 amide bonds. The zero-order valence-electron chi connectivity index (χ0n) is 5.44. The van der Waals surface area contributed by atoms with E-state index in [4.69, 9.17) is 0 Å². The Kier molecular flexibility index (Phi) is 2.01. The average Bonchev–Trinajstić information content (AvgIpc) is 1.88. The maximum atomic E-state index is 10.3. The monoisotopic (exact) mass is 157 g/mol. The van der Waals surface area contributed by atoms with Gasteiger partial charge in [0.1, 0.15) is 0 Å². The predicted octanol–water partition coefficient (Wildman–Crippen LogP) is 0.360. The molecular formula is C6H7NO2S. The fourth-order valence-corrected chi connectivity index (χ4v) is 0.916. The smallest absolute Gasteiger partial charge is 0.185 e. The number of aryl methyl sites for hydroxylation is 1. The third-order valence-electron chi connectivity index (χ3n) is 1.08. The lowest BCUT2D eigenvalue weighted by Gasteiger charge is -1.89. The molecule has 1 heterocycles. The summed E-state index contributed by atoms with van der Waals surface area (Å²) >= 11 is 0. The molecule has 1 rings (SSSR count). The normalized spacial score (nSPS) is 10.2. The molecule has 10 heavy (non-hydrogen) atoms. The lowest BCUT2D eigenvalue weighted by Crippen LogP contribution is -1.85. The highest BCUT2D eigenvalue weighted by atomic mass is 32.2. The molecule has 1 aromatic rings. The van der Waals surface area contributed by atoms with Gasteiger partial charge in [-0.15, -0.1) is 0 Å². The van der Waals surface area contributed by atoms with Crippen LogP contribution in [0.15, 0.2) is 23.4 Å². The number of rotatable bonds is 1. The van der Waals surface area contributed by atoms with Gasteiger partial charge in [0.2, 0.25) is 0 Å². The average molecular weight is 157 g/mol. The van der Waals surface area contributed by atoms with Gasteiger partial charge in [0.15, 0.2) is 15.7 Å². The largest absolute Gasteiger partial charge is 0.245 e. The molecule has 0 N–H and O–H groups in total. The van der Waals surface area contributed by atoms with Crippen LogP contribution in [0.4, 0.5) is 0 Å². The zero-order valence-corrected chi connectivity index (χ0v) is 6.34. The first-order chi connectivity index (χ1) is 4.70. The zero-order chi connectivity index (χ0) is 7.56. The summed E-state index contributed by atoms with van der Waals surface area (Å²) in [4.78, 5) is 3.68. The van der Waals surface area contributed by atoms with Gasteiger partial charge in [0.05, 0.1) is 0 Å². The number of hydrogen-bond donors (Lipinski definition) is 1. The summed E-state index contributed by atoms with van der Waals surface area (Å²) in [7, 11) is -2.52. The van der Waals surface area contributed by atoms with Crippen molar-refractivity contribution >= 4 is 10.7 Å². The summed E-state index contributed by atoms with van der Waals surface area (Å²) in [6, 6.07) is 3.20. The maximum Gasteiger partial charge on any atom is 0.185 e. The van der Waals surface area contributed by atoms with Gasteiger partial charge in [-0.05, 0) is 18.6 Å². The van der Waals surface area contributed by atoms with Crippen molar-refractivity contribution in [3.05, 3.63) is 23.9 Å². The molecule has 0 bridgehead atoms. The number of pyridine rings is 1. The van der Waals surface area contributed by atoms with Gasteiger partial charge in [-0.1, -0.05) is 6.07 Å². The molecule has 0 aliphatic carbocycles. The number of hydrogen-bond acceptors (Lipinski definition) is 3. The quantitative estimate of drug-likeness (QED) is 0.599. The number of nitrogens with zero attached hydrogens (tertiary/aromatic N) is 1. The first-order valence-corrected chi connectivity index (χ1v) is 3.95. The van der Waals surface area contributed by atoms with Gasteiger partial charge >= 0.3 is 0 Å². The van der Waals surface area contributed by atoms with Crippen LogP contribution in [0, 0.1) is 6.92 Å². The van der Waals surface area contributed by atoms with Gasteiger partial charge in [-0.2, -0.15) is 0 Å². The molecule has 0 saturated heterocycles. The Morgan fingerprint density at radius 3 is 2.50 bits per heavy atom. The fourth-order valence-electron chi connectivity index (χ4n) is 0.568. The van der Waals surface area contributed by atoms with E-state index in [1.54, 1.807) is 6.07 Å². The van der Waals surface area contributed by atoms with Gasteiger partial charge in [-0.3, -0.25) is 0 Å². The van der Waals surface area contributed by atoms with Crippen LogP contribution in [-0.2, 0) is 10.7 Å². The highest BCUT2D eigenvalue weighted by molar-refractivity contribution is 7.72. The second-order valence-corrected chi connectivity index (χ2v) is 2.92. The van der Waals surface area contributed by atoms with E-state index in [-0.39, 0.29) is 5.03 Å². The van der Waals surface area contributed by atoms with Gasteiger partial charge in [-0.25, -0.2) is 13.4 Å². The molecule has 0 atom stereocenters. The van der Waals surface area contributed by atoms with E-state index < -0.39 is 10.7 Å². The molecule has 54 valence electrons. The van der Waals surface area contributed by atoms with Crippen molar-refractivity contribution < 1.29 is 8.42 Å². The third kappa shape index (κ3) is 1.54. The van der Waals surface area contributed by atoms with Gasteiger partial charge in [0.25, 0.3) is 0 Å². The van der Waals surface area contributed by atoms with E-state index in [9.17, 15) is 8.42 Å². The van der Waals surface area contributed by atoms with Crippen LogP contribution < -0.4 is 0 Å². The lowest BCUT2D eigenvalue weighted by molar-refractivity contribution is 0.611. The van der Waals surface area contributed by atoms with E-state index in [1.165, 1.54) is 12.3 Å². The lowest BCUT2D eigenvalue weighted by atomic mass is 10.3. The summed E-state index contributed by atoms with van der Waals surface area (Å²) in [6.07, 6.45) is 1.53. The predicted molar refractivity (Wildman–Crippen MR) is 37.6 cm³/mol. The third-order valence-corrected chi connectivity index (χ3v) is 1.72. The van der Waals surface area contributed by atoms with Crippen molar-refractivity contribution in [2.45, 2.75) is 11.9 Å². The summed E-state index contributed by atoms with van der Waals surface area (Å²) in [6.45, 7) is 1.86. The molecule has 0 saturated carbocycles. The van der Waals surface area contributed by atoms with E-state index in [0.29, 0.717) is 0 Å². The van der Waals surface area contributed by atoms with Crippen LogP contribution in [0.2, 0.25) is 0 Å². The molecular weight excluding hydrogens is 150 g/mol. The van der Waals surface area contributed by atoms with E-state index in [2.05, 4.69) is 4.98 Å². The molecule has 0 fully saturated rings. The molecule has 4 heteroatoms. The summed E-state index contributed by atoms with van der Waals surface area (Å²) in [5, 5.41) is 0.126. The van der Waals surface area contributed by atoms with Crippen molar-refractivity contribution in [3.8, 4) is 0 Å². The minimum absolute atomic E-state index is 0.126. The minimum Gasteiger partial charge on any atom is -0.245 e. The van der Waals surface area contributed by atoms with Crippen molar-refractivity contribution in [2.24, 2.45) is 0 Å². The molecule has 0 radical (unpaired) electrons. The Labute approximate surface area is 60.7 Å². The van der Waals surface area contributed by atoms with Crippen LogP contribution in [0.5, 0.6) is 0 Å². The first kappa shape index (κ1) is 7.21. The summed E-state index contributed by atoms with van der Waals surface area (Å²) in [5.41, 5.74) is 0.959. The molecule has 0 aliphatic heterocycles. The van der Waals surface area contributed by atoms with Crippen LogP contribution >= 0.6 is 0 Å². The topological polar surface area (TPSA) is 47.0 Å². The molecule has 3 nitrogen and oxygen atoms in total. The summed E-state index contributed by atoms with van der Waals surface area (Å²) in [5.74, 6) is 0. The van der Waals surface area contributed by atoms with Gasteiger partial charge in [0, 0.05) is 6.20 Å². The van der Waals surface area contributed by atoms with Crippen LogP contribution in [0.3, 0.4) is 0 Å². The minimum atomic E-state index is -2.52. The summed E-state index contributed by atoms with van der Waals surface area (Å²) < 4.78 is 20.6. The Hall–Kier alpha value is -0.900. The molecule has 0 unspecified atom stereocenters. The SMILES string of the molecule is Cc1ccc([SH](=O)=O)nc1. The first-order valence-electron chi connectivity index (χ1n) is 2.77. The fraction of sp³-hybridized carbons (Fsp3) is 0.167. The Morgan fingerprint density at radius 1 is 1.40 bits per heavy atom. The Morgan fingerprint density at radius 2 is 2.10 bits per heavy atom. The van der Waals surface area contributed by atoms with Crippen molar-refractivity contribution in [1.82, 2.24) is 4.98 Å². The van der Waals surface area contributed by atoms with E-state index in [1.807, 2.05) is 6.92 Å². The second-order valence-electron chi connectivity index (χ2n) is 1.95. The highest BCUT2D eigenvalue weighted by Crippen LogP contribution is 1.98. The maximum absolute atomic E-state index is 10.3. The van der Waals surface area contributed by atoms with Crippen molar-refractivity contribution in [2.75, 3.05) is 0 Å². The van der Waals surface area contributed by atoms with Crippen LogP contribution in [0.25, 0.3) is 0 Å². The van der Waals surface area contributed by atoms with Crippen molar-refractivity contribution in [1.29, 1.82) is 0 Å². The van der Waals surface area contributed by atoms with Crippen LogP contribution in [-0.4, -0.2) is 13.4 Å². The Balaban J connectivity index is 3.12. The highest BCUT2D eigenvalue weighted by Gasteiger charge is 1.92. The van der Waals surface area contributed by atoms with E-state index >= 15 is 0 Å². The van der Waals surface area contributed by atoms with E-state index in [0.717, 1.165) is 5.56 Å². The standard InChI is InChI=1S/C6H7NO2S/c1-5-2-3-6(7-4-5)10(8)9/h2-4,10H,1H3. The molecule has 0 spiro atoms.